The van der Waals surface area contributed by atoms with Crippen LogP contribution in [0.2, 0.25) is 5.02 Å². The number of carbonyl (C=O) groups excluding carboxylic acids is 2. The fourth-order valence-corrected chi connectivity index (χ4v) is 1.86. The predicted molar refractivity (Wildman–Crippen MR) is 92.7 cm³/mol. The van der Waals surface area contributed by atoms with E-state index in [4.69, 9.17) is 16.3 Å². The van der Waals surface area contributed by atoms with Crippen LogP contribution in [0.15, 0.2) is 36.7 Å². The van der Waals surface area contributed by atoms with E-state index in [2.05, 4.69) is 14.8 Å². The van der Waals surface area contributed by atoms with Gasteiger partial charge in [-0.25, -0.2) is 19.3 Å². The Balaban J connectivity index is 1.93. The molecule has 1 atom stereocenters. The smallest absolute Gasteiger partial charge is 0.431 e. The van der Waals surface area contributed by atoms with Gasteiger partial charge in [0.1, 0.15) is 12.4 Å². The van der Waals surface area contributed by atoms with Crippen LogP contribution in [0.25, 0.3) is 17.6 Å². The first kappa shape index (κ1) is 18.7. The largest absolute Gasteiger partial charge is 0.516 e. The standard InChI is InChI=1S/C17H18ClN3O4/c1-11(2)12(3)24-17(23)25-15(22)7-8-21-10-19-16(20-21)13-5-4-6-14(18)9-13/h4-12H,1-3H3/b8-7-. The van der Waals surface area contributed by atoms with Gasteiger partial charge in [0.05, 0.1) is 0 Å². The Labute approximate surface area is 150 Å². The first-order chi connectivity index (χ1) is 11.8. The molecule has 0 aliphatic heterocycles. The molecule has 132 valence electrons. The lowest BCUT2D eigenvalue weighted by Crippen LogP contribution is -2.22. The second-order valence-electron chi connectivity index (χ2n) is 5.61. The second-order valence-corrected chi connectivity index (χ2v) is 6.05. The third-order valence-electron chi connectivity index (χ3n) is 3.36. The van der Waals surface area contributed by atoms with E-state index < -0.39 is 12.1 Å². The minimum Gasteiger partial charge on any atom is -0.431 e. The van der Waals surface area contributed by atoms with E-state index in [1.807, 2.05) is 19.9 Å². The normalized spacial score (nSPS) is 12.4. The monoisotopic (exact) mass is 363 g/mol. The molecular weight excluding hydrogens is 346 g/mol. The minimum absolute atomic E-state index is 0.123. The predicted octanol–water partition coefficient (Wildman–Crippen LogP) is 3.79. The summed E-state index contributed by atoms with van der Waals surface area (Å²) in [4.78, 5) is 27.2. The zero-order valence-electron chi connectivity index (χ0n) is 14.0. The molecule has 2 aromatic rings. The molecule has 0 aliphatic rings. The van der Waals surface area contributed by atoms with Crippen LogP contribution in [0.1, 0.15) is 20.8 Å². The summed E-state index contributed by atoms with van der Waals surface area (Å²) >= 11 is 5.93. The van der Waals surface area contributed by atoms with Crippen molar-refractivity contribution in [1.29, 1.82) is 0 Å². The van der Waals surface area contributed by atoms with E-state index in [-0.39, 0.29) is 12.0 Å². The van der Waals surface area contributed by atoms with Gasteiger partial charge in [0.2, 0.25) is 0 Å². The maximum absolute atomic E-state index is 11.6. The number of benzene rings is 1. The number of esters is 1. The molecule has 0 radical (unpaired) electrons. The molecule has 0 saturated carbocycles. The van der Waals surface area contributed by atoms with Crippen molar-refractivity contribution in [1.82, 2.24) is 14.8 Å². The fraction of sp³-hybridized carbons (Fsp3) is 0.294. The van der Waals surface area contributed by atoms with E-state index in [0.29, 0.717) is 10.8 Å². The van der Waals surface area contributed by atoms with Gasteiger partial charge in [-0.05, 0) is 25.0 Å². The molecule has 0 saturated heterocycles. The Bertz CT molecular complexity index is 786. The van der Waals surface area contributed by atoms with Crippen LogP contribution in [0.5, 0.6) is 0 Å². The molecule has 25 heavy (non-hydrogen) atoms. The molecule has 1 unspecified atom stereocenters. The van der Waals surface area contributed by atoms with E-state index in [1.165, 1.54) is 17.2 Å². The van der Waals surface area contributed by atoms with Crippen LogP contribution >= 0.6 is 11.6 Å². The van der Waals surface area contributed by atoms with Gasteiger partial charge in [-0.3, -0.25) is 0 Å². The van der Waals surface area contributed by atoms with Crippen molar-refractivity contribution in [2.75, 3.05) is 0 Å². The molecule has 2 rings (SSSR count). The summed E-state index contributed by atoms with van der Waals surface area (Å²) in [7, 11) is 0. The Morgan fingerprint density at radius 1 is 1.28 bits per heavy atom. The molecule has 8 heteroatoms. The maximum atomic E-state index is 11.6. The molecule has 0 aliphatic carbocycles. The number of nitrogens with zero attached hydrogens (tertiary/aromatic N) is 3. The summed E-state index contributed by atoms with van der Waals surface area (Å²) in [6.45, 7) is 5.50. The molecule has 0 fully saturated rings. The van der Waals surface area contributed by atoms with E-state index in [9.17, 15) is 9.59 Å². The van der Waals surface area contributed by atoms with Gasteiger partial charge in [-0.15, -0.1) is 5.10 Å². The first-order valence-electron chi connectivity index (χ1n) is 7.63. The number of aromatic nitrogens is 3. The van der Waals surface area contributed by atoms with Crippen LogP contribution in [-0.4, -0.2) is 33.0 Å². The molecule has 0 amide bonds. The highest BCUT2D eigenvalue weighted by Crippen LogP contribution is 2.18. The molecule has 1 heterocycles. The third kappa shape index (κ3) is 5.72. The number of rotatable bonds is 5. The van der Waals surface area contributed by atoms with Crippen molar-refractivity contribution < 1.29 is 19.1 Å². The van der Waals surface area contributed by atoms with Gasteiger partial charge in [0.25, 0.3) is 0 Å². The summed E-state index contributed by atoms with van der Waals surface area (Å²) in [5, 5.41) is 4.75. The van der Waals surface area contributed by atoms with Gasteiger partial charge < -0.3 is 9.47 Å². The summed E-state index contributed by atoms with van der Waals surface area (Å²) in [6, 6.07) is 7.08. The molecule has 0 bridgehead atoms. The third-order valence-corrected chi connectivity index (χ3v) is 3.59. The number of hydrogen-bond donors (Lipinski definition) is 0. The average Bonchev–Trinajstić information content (AvgIpc) is 3.01. The summed E-state index contributed by atoms with van der Waals surface area (Å²) in [5.74, 6) is -0.287. The van der Waals surface area contributed by atoms with Crippen LogP contribution in [0, 0.1) is 5.92 Å². The topological polar surface area (TPSA) is 83.3 Å². The number of carbonyl (C=O) groups is 2. The zero-order valence-corrected chi connectivity index (χ0v) is 14.8. The van der Waals surface area contributed by atoms with E-state index in [1.54, 1.807) is 25.1 Å². The zero-order chi connectivity index (χ0) is 18.4. The lowest BCUT2D eigenvalue weighted by Gasteiger charge is -2.14. The van der Waals surface area contributed by atoms with E-state index >= 15 is 0 Å². The lowest BCUT2D eigenvalue weighted by molar-refractivity contribution is -0.135. The highest BCUT2D eigenvalue weighted by Gasteiger charge is 2.16. The highest BCUT2D eigenvalue weighted by atomic mass is 35.5. The number of hydrogen-bond acceptors (Lipinski definition) is 6. The van der Waals surface area contributed by atoms with Crippen molar-refractivity contribution >= 4 is 29.9 Å². The SMILES string of the molecule is CC(C)C(C)OC(=O)OC(=O)/C=C\n1cnc(-c2cccc(Cl)c2)n1. The van der Waals surface area contributed by atoms with Gasteiger partial charge in [-0.1, -0.05) is 37.6 Å². The van der Waals surface area contributed by atoms with Crippen molar-refractivity contribution in [2.45, 2.75) is 26.9 Å². The quantitative estimate of drug-likeness (QED) is 0.456. The molecule has 0 spiro atoms. The summed E-state index contributed by atoms with van der Waals surface area (Å²) in [5.41, 5.74) is 0.744. The molecule has 0 N–H and O–H groups in total. The van der Waals surface area contributed by atoms with Crippen molar-refractivity contribution in [3.05, 3.63) is 41.7 Å². The maximum Gasteiger partial charge on any atom is 0.516 e. The Morgan fingerprint density at radius 2 is 2.04 bits per heavy atom. The second kappa shape index (κ2) is 8.43. The van der Waals surface area contributed by atoms with Crippen molar-refractivity contribution in [2.24, 2.45) is 5.92 Å². The Hall–Kier alpha value is -2.67. The number of halogens is 1. The molecular formula is C17H18ClN3O4. The molecule has 1 aromatic heterocycles. The van der Waals surface area contributed by atoms with Gasteiger partial charge >= 0.3 is 12.1 Å². The van der Waals surface area contributed by atoms with E-state index in [0.717, 1.165) is 11.6 Å². The van der Waals surface area contributed by atoms with Crippen LogP contribution in [0.3, 0.4) is 0 Å². The van der Waals surface area contributed by atoms with Crippen molar-refractivity contribution in [3.8, 4) is 11.4 Å². The minimum atomic E-state index is -1.03. The lowest BCUT2D eigenvalue weighted by atomic mass is 10.1. The number of ether oxygens (including phenoxy) is 2. The molecule has 7 nitrogen and oxygen atoms in total. The first-order valence-corrected chi connectivity index (χ1v) is 8.00. The summed E-state index contributed by atoms with van der Waals surface area (Å²) in [6.07, 6.45) is 2.41. The Morgan fingerprint density at radius 3 is 2.72 bits per heavy atom. The Kier molecular flexibility index (Phi) is 6.30. The van der Waals surface area contributed by atoms with Crippen LogP contribution < -0.4 is 0 Å². The molecule has 1 aromatic carbocycles. The van der Waals surface area contributed by atoms with Crippen LogP contribution in [0.4, 0.5) is 4.79 Å². The van der Waals surface area contributed by atoms with Gasteiger partial charge in [0, 0.05) is 22.9 Å². The summed E-state index contributed by atoms with van der Waals surface area (Å²) < 4.78 is 10.8. The van der Waals surface area contributed by atoms with Crippen molar-refractivity contribution in [3.63, 3.8) is 0 Å². The van der Waals surface area contributed by atoms with Crippen LogP contribution in [-0.2, 0) is 14.3 Å². The average molecular weight is 364 g/mol. The highest BCUT2D eigenvalue weighted by molar-refractivity contribution is 6.30. The fourth-order valence-electron chi connectivity index (χ4n) is 1.67. The van der Waals surface area contributed by atoms with Gasteiger partial charge in [0.15, 0.2) is 5.82 Å². The van der Waals surface area contributed by atoms with Gasteiger partial charge in [-0.2, -0.15) is 0 Å².